The highest BCUT2D eigenvalue weighted by molar-refractivity contribution is 6.43. The first-order chi connectivity index (χ1) is 18.1. The van der Waals surface area contributed by atoms with Crippen molar-refractivity contribution in [2.75, 3.05) is 12.0 Å². The van der Waals surface area contributed by atoms with E-state index in [0.717, 1.165) is 39.7 Å². The lowest BCUT2D eigenvalue weighted by atomic mass is 9.91. The number of amides is 2. The highest BCUT2D eigenvalue weighted by Crippen LogP contribution is 2.37. The Morgan fingerprint density at radius 1 is 0.816 bits per heavy atom. The second-order valence-electron chi connectivity index (χ2n) is 8.93. The molecule has 0 radical (unpaired) electrons. The predicted molar refractivity (Wildman–Crippen MR) is 139 cm³/mol. The fraction of sp³-hybridized carbons (Fsp3) is 0.133. The van der Waals surface area contributed by atoms with Gasteiger partial charge in [0.25, 0.3) is 11.8 Å². The van der Waals surface area contributed by atoms with Crippen molar-refractivity contribution in [3.8, 4) is 11.4 Å². The molecule has 0 saturated heterocycles. The van der Waals surface area contributed by atoms with Crippen LogP contribution in [-0.4, -0.2) is 23.5 Å². The van der Waals surface area contributed by atoms with Crippen LogP contribution >= 0.6 is 0 Å². The molecule has 0 N–H and O–H groups in total. The molecule has 0 atom stereocenters. The number of ether oxygens (including phenoxy) is 1. The Hall–Kier alpha value is -4.59. The van der Waals surface area contributed by atoms with Crippen LogP contribution in [0.3, 0.4) is 0 Å². The quantitative estimate of drug-likeness (QED) is 0.220. The van der Waals surface area contributed by atoms with Crippen LogP contribution in [0.25, 0.3) is 17.3 Å². The number of para-hydroxylation sites is 2. The topological polar surface area (TPSA) is 51.5 Å². The Morgan fingerprint density at radius 2 is 1.50 bits per heavy atom. The van der Waals surface area contributed by atoms with Gasteiger partial charge in [0.2, 0.25) is 0 Å². The van der Waals surface area contributed by atoms with Crippen LogP contribution in [0.5, 0.6) is 5.75 Å². The van der Waals surface area contributed by atoms with Gasteiger partial charge in [0.1, 0.15) is 5.75 Å². The SMILES string of the molecule is COc1ccccc1-n1c(C)cc(/C=C2/C(=O)N(c3cccc(C(F)(F)F)c3)C(=O)c3ccccc32)c1C. The van der Waals surface area contributed by atoms with Gasteiger partial charge < -0.3 is 9.30 Å². The van der Waals surface area contributed by atoms with Crippen molar-refractivity contribution in [3.63, 3.8) is 0 Å². The van der Waals surface area contributed by atoms with Crippen LogP contribution in [0.4, 0.5) is 18.9 Å². The van der Waals surface area contributed by atoms with Crippen molar-refractivity contribution in [1.29, 1.82) is 0 Å². The fourth-order valence-electron chi connectivity index (χ4n) is 4.82. The van der Waals surface area contributed by atoms with Crippen molar-refractivity contribution >= 4 is 29.2 Å². The number of methoxy groups -OCH3 is 1. The maximum Gasteiger partial charge on any atom is 0.416 e. The smallest absolute Gasteiger partial charge is 0.416 e. The molecule has 0 saturated carbocycles. The minimum Gasteiger partial charge on any atom is -0.495 e. The van der Waals surface area contributed by atoms with Gasteiger partial charge in [-0.05, 0) is 73.5 Å². The zero-order chi connectivity index (χ0) is 27.2. The second-order valence-corrected chi connectivity index (χ2v) is 8.93. The van der Waals surface area contributed by atoms with E-state index >= 15 is 0 Å². The molecular formula is C30H23F3N2O3. The summed E-state index contributed by atoms with van der Waals surface area (Å²) in [7, 11) is 1.59. The Morgan fingerprint density at radius 3 is 2.21 bits per heavy atom. The van der Waals surface area contributed by atoms with E-state index in [1.807, 2.05) is 48.7 Å². The standard InChI is InChI=1S/C30H23F3N2O3/c1-18-15-20(19(2)34(18)26-13-6-7-14-27(26)38-3)16-25-23-11-4-5-12-24(23)28(36)35(29(25)37)22-10-8-9-21(17-22)30(31,32)33/h4-17H,1-3H3/b25-16+. The van der Waals surface area contributed by atoms with Gasteiger partial charge >= 0.3 is 6.18 Å². The van der Waals surface area contributed by atoms with E-state index in [1.165, 1.54) is 12.1 Å². The van der Waals surface area contributed by atoms with E-state index in [-0.39, 0.29) is 16.8 Å². The van der Waals surface area contributed by atoms with Crippen molar-refractivity contribution < 1.29 is 27.5 Å². The van der Waals surface area contributed by atoms with E-state index in [4.69, 9.17) is 4.74 Å². The summed E-state index contributed by atoms with van der Waals surface area (Å²) in [4.78, 5) is 27.9. The van der Waals surface area contributed by atoms with Gasteiger partial charge in [-0.1, -0.05) is 36.4 Å². The molecule has 5 nitrogen and oxygen atoms in total. The van der Waals surface area contributed by atoms with Crippen LogP contribution in [0, 0.1) is 13.8 Å². The Bertz CT molecular complexity index is 1620. The summed E-state index contributed by atoms with van der Waals surface area (Å²) in [6.07, 6.45) is -2.94. The second kappa shape index (κ2) is 9.37. The third-order valence-electron chi connectivity index (χ3n) is 6.61. The first-order valence-electron chi connectivity index (χ1n) is 11.8. The Labute approximate surface area is 217 Å². The number of carbonyl (C=O) groups excluding carboxylic acids is 2. The molecular weight excluding hydrogens is 493 g/mol. The number of aromatic nitrogens is 1. The molecule has 0 bridgehead atoms. The summed E-state index contributed by atoms with van der Waals surface area (Å²) in [5, 5.41) is 0. The van der Waals surface area contributed by atoms with E-state index < -0.39 is 23.6 Å². The minimum absolute atomic E-state index is 0.144. The summed E-state index contributed by atoms with van der Waals surface area (Å²) >= 11 is 0. The van der Waals surface area contributed by atoms with Gasteiger partial charge in [0, 0.05) is 22.5 Å². The molecule has 2 heterocycles. The first kappa shape index (κ1) is 25.1. The van der Waals surface area contributed by atoms with Gasteiger partial charge in [0.15, 0.2) is 0 Å². The minimum atomic E-state index is -4.62. The molecule has 1 aliphatic heterocycles. The van der Waals surface area contributed by atoms with Crippen LogP contribution in [0.1, 0.15) is 38.4 Å². The van der Waals surface area contributed by atoms with E-state index in [1.54, 1.807) is 37.5 Å². The predicted octanol–water partition coefficient (Wildman–Crippen LogP) is 6.85. The highest BCUT2D eigenvalue weighted by Gasteiger charge is 2.37. The molecule has 0 fully saturated rings. The highest BCUT2D eigenvalue weighted by atomic mass is 19.4. The maximum atomic E-state index is 13.8. The third kappa shape index (κ3) is 4.18. The molecule has 0 aliphatic carbocycles. The first-order valence-corrected chi connectivity index (χ1v) is 11.8. The molecule has 192 valence electrons. The van der Waals surface area contributed by atoms with Gasteiger partial charge in [-0.3, -0.25) is 9.59 Å². The van der Waals surface area contributed by atoms with E-state index in [0.29, 0.717) is 11.3 Å². The summed E-state index contributed by atoms with van der Waals surface area (Å²) < 4.78 is 47.7. The Kier molecular flexibility index (Phi) is 6.18. The number of rotatable bonds is 4. The number of alkyl halides is 3. The Balaban J connectivity index is 1.67. The molecule has 5 rings (SSSR count). The van der Waals surface area contributed by atoms with Crippen molar-refractivity contribution in [2.45, 2.75) is 20.0 Å². The summed E-state index contributed by atoms with van der Waals surface area (Å²) in [6, 6.07) is 20.3. The van der Waals surface area contributed by atoms with Crippen LogP contribution in [0.15, 0.2) is 78.9 Å². The van der Waals surface area contributed by atoms with Crippen LogP contribution in [0.2, 0.25) is 0 Å². The molecule has 1 aromatic heterocycles. The molecule has 0 unspecified atom stereocenters. The summed E-state index contributed by atoms with van der Waals surface area (Å²) in [5.41, 5.74) is 3.04. The van der Waals surface area contributed by atoms with Gasteiger partial charge in [-0.25, -0.2) is 4.90 Å². The van der Waals surface area contributed by atoms with E-state index in [2.05, 4.69) is 0 Å². The number of nitrogens with zero attached hydrogens (tertiary/aromatic N) is 2. The van der Waals surface area contributed by atoms with Gasteiger partial charge in [0.05, 0.1) is 24.0 Å². The molecule has 8 heteroatoms. The average molecular weight is 517 g/mol. The molecule has 3 aromatic carbocycles. The number of aryl methyl sites for hydroxylation is 1. The number of anilines is 1. The molecule has 0 spiro atoms. The normalized spacial score (nSPS) is 14.7. The van der Waals surface area contributed by atoms with Crippen molar-refractivity contribution in [3.05, 3.63) is 113 Å². The number of imide groups is 1. The lowest BCUT2D eigenvalue weighted by molar-refractivity contribution is -0.137. The molecule has 1 aliphatic rings. The van der Waals surface area contributed by atoms with Gasteiger partial charge in [-0.15, -0.1) is 0 Å². The van der Waals surface area contributed by atoms with E-state index in [9.17, 15) is 22.8 Å². The lowest BCUT2D eigenvalue weighted by Crippen LogP contribution is -2.41. The largest absolute Gasteiger partial charge is 0.495 e. The molecule has 38 heavy (non-hydrogen) atoms. The molecule has 4 aromatic rings. The molecule has 2 amide bonds. The third-order valence-corrected chi connectivity index (χ3v) is 6.61. The number of benzene rings is 3. The maximum absolute atomic E-state index is 13.8. The number of hydrogen-bond acceptors (Lipinski definition) is 3. The van der Waals surface area contributed by atoms with Gasteiger partial charge in [-0.2, -0.15) is 13.2 Å². The van der Waals surface area contributed by atoms with Crippen molar-refractivity contribution in [1.82, 2.24) is 4.57 Å². The fourth-order valence-corrected chi connectivity index (χ4v) is 4.82. The van der Waals surface area contributed by atoms with Crippen molar-refractivity contribution in [2.24, 2.45) is 0 Å². The van der Waals surface area contributed by atoms with Crippen LogP contribution in [-0.2, 0) is 11.0 Å². The lowest BCUT2D eigenvalue weighted by Gasteiger charge is -2.29. The van der Waals surface area contributed by atoms with Crippen LogP contribution < -0.4 is 9.64 Å². The summed E-state index contributed by atoms with van der Waals surface area (Å²) in [5.74, 6) is -0.703. The average Bonchev–Trinajstić information content (AvgIpc) is 3.18. The number of halogens is 3. The monoisotopic (exact) mass is 516 g/mol. The number of carbonyl (C=O) groups is 2. The number of hydrogen-bond donors (Lipinski definition) is 0. The summed E-state index contributed by atoms with van der Waals surface area (Å²) in [6.45, 7) is 3.83. The zero-order valence-corrected chi connectivity index (χ0v) is 20.8. The zero-order valence-electron chi connectivity index (χ0n) is 20.8. The number of fused-ring (bicyclic) bond motifs is 1.